The molecule has 9 heteroatoms. The van der Waals surface area contributed by atoms with Crippen LogP contribution in [0.5, 0.6) is 5.75 Å². The van der Waals surface area contributed by atoms with Gasteiger partial charge in [0.2, 0.25) is 0 Å². The van der Waals surface area contributed by atoms with Crippen molar-refractivity contribution in [2.24, 2.45) is 0 Å². The predicted octanol–water partition coefficient (Wildman–Crippen LogP) is 3.32. The number of benzene rings is 1. The highest BCUT2D eigenvalue weighted by Gasteiger charge is 2.53. The van der Waals surface area contributed by atoms with E-state index >= 15 is 0 Å². The van der Waals surface area contributed by atoms with Crippen LogP contribution in [0.15, 0.2) is 18.3 Å². The summed E-state index contributed by atoms with van der Waals surface area (Å²) in [7, 11) is 0. The van der Waals surface area contributed by atoms with Gasteiger partial charge in [-0.3, -0.25) is 4.79 Å². The molecule has 2 aliphatic rings. The van der Waals surface area contributed by atoms with E-state index in [1.54, 1.807) is 15.6 Å². The van der Waals surface area contributed by atoms with Gasteiger partial charge < -0.3 is 15.3 Å². The van der Waals surface area contributed by atoms with Crippen molar-refractivity contribution in [1.29, 1.82) is 0 Å². The number of aromatic nitrogens is 3. The maximum atomic E-state index is 14.0. The molecule has 2 aromatic heterocycles. The topological polar surface area (TPSA) is 83.3 Å². The van der Waals surface area contributed by atoms with Crippen molar-refractivity contribution in [2.45, 2.75) is 44.8 Å². The summed E-state index contributed by atoms with van der Waals surface area (Å²) in [5, 5.41) is 18.9. The summed E-state index contributed by atoms with van der Waals surface area (Å²) in [6.45, 7) is 4.95. The zero-order chi connectivity index (χ0) is 20.3. The first-order valence-electron chi connectivity index (χ1n) is 9.74. The van der Waals surface area contributed by atoms with Gasteiger partial charge in [0.15, 0.2) is 16.4 Å². The first-order valence-corrected chi connectivity index (χ1v) is 10.6. The number of phenolic OH excluding ortho intramolecular Hbond substituents is 1. The number of likely N-dealkylation sites (tertiary alicyclic amines) is 1. The van der Waals surface area contributed by atoms with E-state index < -0.39 is 5.67 Å². The zero-order valence-electron chi connectivity index (χ0n) is 16.3. The summed E-state index contributed by atoms with van der Waals surface area (Å²) in [4.78, 5) is 18.3. The standard InChI is InChI=1S/C20H22FN5O2S/c1-11-7-12(2)16(14(27)8-11)26-10-15-17(24-26)23-19(29-15)22-13-3-6-25(9-13)18(28)20(21)4-5-20/h7-8,10,13,27H,3-6,9H2,1-2H3,(H,22,23,24). The van der Waals surface area contributed by atoms with Crippen LogP contribution in [0.4, 0.5) is 9.52 Å². The fraction of sp³-hybridized carbons (Fsp3) is 0.450. The monoisotopic (exact) mass is 415 g/mol. The van der Waals surface area contributed by atoms with E-state index in [4.69, 9.17) is 0 Å². The number of anilines is 1. The average Bonchev–Trinajstić information content (AvgIpc) is 2.97. The molecule has 0 bridgehead atoms. The van der Waals surface area contributed by atoms with Crippen molar-refractivity contribution in [3.63, 3.8) is 0 Å². The highest BCUT2D eigenvalue weighted by atomic mass is 32.1. The number of halogens is 1. The Morgan fingerprint density at radius 2 is 2.17 bits per heavy atom. The number of thiazole rings is 1. The lowest BCUT2D eigenvalue weighted by Crippen LogP contribution is -2.38. The Bertz CT molecular complexity index is 1060. The largest absolute Gasteiger partial charge is 0.506 e. The normalized spacial score (nSPS) is 20.4. The lowest BCUT2D eigenvalue weighted by atomic mass is 10.1. The summed E-state index contributed by atoms with van der Waals surface area (Å²) >= 11 is 1.48. The van der Waals surface area contributed by atoms with Gasteiger partial charge in [-0.1, -0.05) is 17.4 Å². The highest BCUT2D eigenvalue weighted by molar-refractivity contribution is 7.22. The average molecular weight is 415 g/mol. The van der Waals surface area contributed by atoms with Gasteiger partial charge in [0.05, 0.1) is 10.9 Å². The molecule has 29 heavy (non-hydrogen) atoms. The summed E-state index contributed by atoms with van der Waals surface area (Å²) in [5.74, 6) is -0.177. The van der Waals surface area contributed by atoms with Gasteiger partial charge in [0, 0.05) is 19.1 Å². The predicted molar refractivity (Wildman–Crippen MR) is 110 cm³/mol. The Balaban J connectivity index is 1.31. The minimum Gasteiger partial charge on any atom is -0.506 e. The Hall–Kier alpha value is -2.68. The number of phenols is 1. The molecule has 3 aromatic rings. The third-order valence-corrected chi connectivity index (χ3v) is 6.52. The van der Waals surface area contributed by atoms with Crippen LogP contribution < -0.4 is 5.32 Å². The maximum Gasteiger partial charge on any atom is 0.260 e. The Kier molecular flexibility index (Phi) is 4.06. The van der Waals surface area contributed by atoms with Crippen LogP contribution in [0.3, 0.4) is 0 Å². The van der Waals surface area contributed by atoms with Crippen molar-refractivity contribution in [3.05, 3.63) is 29.5 Å². The fourth-order valence-electron chi connectivity index (χ4n) is 3.98. The zero-order valence-corrected chi connectivity index (χ0v) is 17.1. The number of rotatable bonds is 4. The second-order valence-corrected chi connectivity index (χ2v) is 9.11. The molecule has 1 amide bonds. The molecule has 1 aromatic carbocycles. The summed E-state index contributed by atoms with van der Waals surface area (Å²) in [6.07, 6.45) is 3.34. The Morgan fingerprint density at radius 1 is 1.38 bits per heavy atom. The molecule has 3 heterocycles. The van der Waals surface area contributed by atoms with Crippen LogP contribution in [0, 0.1) is 13.8 Å². The highest BCUT2D eigenvalue weighted by Crippen LogP contribution is 2.42. The molecule has 152 valence electrons. The summed E-state index contributed by atoms with van der Waals surface area (Å²) < 4.78 is 16.6. The molecule has 1 saturated carbocycles. The lowest BCUT2D eigenvalue weighted by Gasteiger charge is -2.18. The van der Waals surface area contributed by atoms with Gasteiger partial charge in [-0.2, -0.15) is 4.98 Å². The molecule has 1 aliphatic carbocycles. The van der Waals surface area contributed by atoms with Crippen molar-refractivity contribution in [3.8, 4) is 11.4 Å². The number of hydrogen-bond donors (Lipinski definition) is 2. The van der Waals surface area contributed by atoms with Crippen molar-refractivity contribution in [2.75, 3.05) is 18.4 Å². The first-order chi connectivity index (χ1) is 13.8. The van der Waals surface area contributed by atoms with Crippen molar-refractivity contribution in [1.82, 2.24) is 19.7 Å². The van der Waals surface area contributed by atoms with Crippen LogP contribution >= 0.6 is 11.3 Å². The maximum absolute atomic E-state index is 14.0. The number of amides is 1. The number of nitrogens with one attached hydrogen (secondary N) is 1. The molecular formula is C20H22FN5O2S. The Morgan fingerprint density at radius 3 is 2.86 bits per heavy atom. The number of hydrogen-bond acceptors (Lipinski definition) is 6. The molecule has 2 fully saturated rings. The van der Waals surface area contributed by atoms with Gasteiger partial charge in [-0.25, -0.2) is 9.07 Å². The molecule has 5 rings (SSSR count). The third kappa shape index (κ3) is 3.23. The SMILES string of the molecule is Cc1cc(C)c(-n2cc3sc(NC4CCN(C(=O)C5(F)CC5)C4)nc3n2)c(O)c1. The van der Waals surface area contributed by atoms with Crippen molar-refractivity contribution < 1.29 is 14.3 Å². The van der Waals surface area contributed by atoms with E-state index in [2.05, 4.69) is 15.4 Å². The minimum absolute atomic E-state index is 0.0621. The van der Waals surface area contributed by atoms with Crippen LogP contribution in [0.2, 0.25) is 0 Å². The van der Waals surface area contributed by atoms with E-state index in [9.17, 15) is 14.3 Å². The molecule has 2 N–H and O–H groups in total. The van der Waals surface area contributed by atoms with Gasteiger partial charge in [-0.05, 0) is 50.3 Å². The number of carbonyl (C=O) groups excluding carboxylic acids is 1. The van der Waals surface area contributed by atoms with Gasteiger partial charge >= 0.3 is 0 Å². The molecule has 1 saturated heterocycles. The number of carbonyl (C=O) groups is 1. The van der Waals surface area contributed by atoms with Crippen LogP contribution in [-0.4, -0.2) is 55.5 Å². The quantitative estimate of drug-likeness (QED) is 0.683. The number of nitrogens with zero attached hydrogens (tertiary/aromatic N) is 4. The number of fused-ring (bicyclic) bond motifs is 1. The van der Waals surface area contributed by atoms with Crippen LogP contribution in [0.1, 0.15) is 30.4 Å². The van der Waals surface area contributed by atoms with Gasteiger partial charge in [-0.15, -0.1) is 5.10 Å². The lowest BCUT2D eigenvalue weighted by molar-refractivity contribution is -0.137. The number of alkyl halides is 1. The minimum atomic E-state index is -1.60. The smallest absolute Gasteiger partial charge is 0.260 e. The second-order valence-electron chi connectivity index (χ2n) is 8.08. The molecule has 1 aliphatic heterocycles. The molecule has 1 unspecified atom stereocenters. The van der Waals surface area contributed by atoms with E-state index in [1.165, 1.54) is 11.3 Å². The van der Waals surface area contributed by atoms with E-state index in [0.717, 1.165) is 27.4 Å². The number of aryl methyl sites for hydroxylation is 2. The van der Waals surface area contributed by atoms with Crippen LogP contribution in [0.25, 0.3) is 16.0 Å². The Labute approximate surface area is 171 Å². The molecular weight excluding hydrogens is 393 g/mol. The summed E-state index contributed by atoms with van der Waals surface area (Å²) in [5.41, 5.74) is 1.58. The number of aromatic hydroxyl groups is 1. The van der Waals surface area contributed by atoms with Gasteiger partial charge in [0.1, 0.15) is 11.4 Å². The molecule has 0 spiro atoms. The molecule has 0 radical (unpaired) electrons. The van der Waals surface area contributed by atoms with Gasteiger partial charge in [0.25, 0.3) is 5.91 Å². The molecule has 7 nitrogen and oxygen atoms in total. The van der Waals surface area contributed by atoms with E-state index in [1.807, 2.05) is 26.1 Å². The third-order valence-electron chi connectivity index (χ3n) is 5.61. The second kappa shape index (κ2) is 6.41. The fourth-order valence-corrected chi connectivity index (χ4v) is 4.87. The summed E-state index contributed by atoms with van der Waals surface area (Å²) in [6, 6.07) is 3.78. The van der Waals surface area contributed by atoms with E-state index in [0.29, 0.717) is 37.3 Å². The van der Waals surface area contributed by atoms with Crippen LogP contribution in [-0.2, 0) is 4.79 Å². The van der Waals surface area contributed by atoms with E-state index in [-0.39, 0.29) is 17.7 Å². The van der Waals surface area contributed by atoms with Crippen molar-refractivity contribution >= 4 is 32.7 Å². The first kappa shape index (κ1) is 18.4. The molecule has 1 atom stereocenters.